The second kappa shape index (κ2) is 8.35. The van der Waals surface area contributed by atoms with E-state index in [-0.39, 0.29) is 0 Å². The van der Waals surface area contributed by atoms with E-state index in [4.69, 9.17) is 0 Å². The van der Waals surface area contributed by atoms with Crippen LogP contribution in [-0.2, 0) is 0 Å². The quantitative estimate of drug-likeness (QED) is 0.609. The molecule has 3 N–H and O–H groups in total. The summed E-state index contributed by atoms with van der Waals surface area (Å²) in [5.74, 6) is 0. The number of hydrogen-bond donors (Lipinski definition) is 2. The summed E-state index contributed by atoms with van der Waals surface area (Å²) in [6.45, 7) is 4.38. The molecular formula is C11H23N3O2. The fraction of sp³-hybridized carbons (Fsp3) is 0.909. The first-order chi connectivity index (χ1) is 7.79. The average Bonchev–Trinajstić information content (AvgIpc) is 2.32. The normalized spacial score (nSPS) is 21.8. The summed E-state index contributed by atoms with van der Waals surface area (Å²) in [6, 6.07) is 0. The summed E-state index contributed by atoms with van der Waals surface area (Å²) < 4.78 is 0. The van der Waals surface area contributed by atoms with E-state index in [0.29, 0.717) is 0 Å². The van der Waals surface area contributed by atoms with Crippen molar-refractivity contribution in [1.82, 2.24) is 10.4 Å². The minimum Gasteiger partial charge on any atom is -0.529 e. The van der Waals surface area contributed by atoms with Gasteiger partial charge >= 0.3 is 0 Å². The summed E-state index contributed by atoms with van der Waals surface area (Å²) >= 11 is 0. The zero-order valence-corrected chi connectivity index (χ0v) is 9.91. The number of nitrogens with one attached hydrogen (secondary N) is 1. The number of hydrazine groups is 1. The highest BCUT2D eigenvalue weighted by Gasteiger charge is 2.07. The first-order valence-electron chi connectivity index (χ1n) is 6.33. The molecule has 2 aliphatic rings. The molecule has 5 nitrogen and oxygen atoms in total. The Balaban J connectivity index is 0.000000181. The lowest BCUT2D eigenvalue weighted by Crippen LogP contribution is -2.85. The van der Waals surface area contributed by atoms with Crippen molar-refractivity contribution in [3.8, 4) is 0 Å². The Bertz CT molecular complexity index is 178. The minimum absolute atomic E-state index is 0.813. The number of quaternary nitrogens is 1. The number of carboxylic acid groups (broad SMARTS) is 1. The molecule has 2 aliphatic heterocycles. The molecule has 0 atom stereocenters. The molecule has 2 fully saturated rings. The van der Waals surface area contributed by atoms with Crippen LogP contribution in [0.1, 0.15) is 38.5 Å². The Hall–Kier alpha value is -0.810. The van der Waals surface area contributed by atoms with Crippen LogP contribution in [0.5, 0.6) is 0 Å². The van der Waals surface area contributed by atoms with Gasteiger partial charge in [-0.3, -0.25) is 0 Å². The molecule has 94 valence electrons. The number of rotatable bonds is 1. The van der Waals surface area contributed by atoms with Crippen molar-refractivity contribution in [2.75, 3.05) is 26.2 Å². The third kappa shape index (κ3) is 6.63. The van der Waals surface area contributed by atoms with Gasteiger partial charge in [0, 0.05) is 13.1 Å². The fourth-order valence-electron chi connectivity index (χ4n) is 2.03. The largest absolute Gasteiger partial charge is 0.529 e. The number of carbonyl (C=O) groups excluding carboxylic acids is 1. The monoisotopic (exact) mass is 229 g/mol. The molecule has 5 heteroatoms. The van der Waals surface area contributed by atoms with Crippen LogP contribution in [0, 0.1) is 0 Å². The van der Waals surface area contributed by atoms with Crippen molar-refractivity contribution in [1.29, 1.82) is 0 Å². The van der Waals surface area contributed by atoms with Crippen LogP contribution in [0.3, 0.4) is 0 Å². The lowest BCUT2D eigenvalue weighted by molar-refractivity contribution is -0.662. The molecule has 0 aromatic carbocycles. The lowest BCUT2D eigenvalue weighted by Gasteiger charge is -2.27. The third-order valence-corrected chi connectivity index (χ3v) is 2.92. The van der Waals surface area contributed by atoms with Crippen LogP contribution in [0.25, 0.3) is 0 Å². The Morgan fingerprint density at radius 2 is 1.56 bits per heavy atom. The third-order valence-electron chi connectivity index (χ3n) is 2.92. The van der Waals surface area contributed by atoms with Crippen molar-refractivity contribution < 1.29 is 15.2 Å². The van der Waals surface area contributed by atoms with E-state index in [2.05, 4.69) is 10.7 Å². The number of nitrogens with two attached hydrogens (primary N) is 1. The van der Waals surface area contributed by atoms with Crippen molar-refractivity contribution in [3.05, 3.63) is 0 Å². The van der Waals surface area contributed by atoms with Crippen molar-refractivity contribution >= 4 is 6.09 Å². The van der Waals surface area contributed by atoms with Gasteiger partial charge in [0.05, 0.1) is 13.1 Å². The van der Waals surface area contributed by atoms with E-state index in [1.165, 1.54) is 38.8 Å². The maximum absolute atomic E-state index is 10.0. The smallest absolute Gasteiger partial charge is 0.149 e. The predicted molar refractivity (Wildman–Crippen MR) is 59.5 cm³/mol. The van der Waals surface area contributed by atoms with Crippen LogP contribution < -0.4 is 15.8 Å². The highest BCUT2D eigenvalue weighted by atomic mass is 16.4. The highest BCUT2D eigenvalue weighted by Crippen LogP contribution is 2.04. The molecule has 2 heterocycles. The van der Waals surface area contributed by atoms with Gasteiger partial charge in [-0.1, -0.05) is 6.42 Å². The maximum atomic E-state index is 10.0. The zero-order valence-electron chi connectivity index (χ0n) is 9.91. The summed E-state index contributed by atoms with van der Waals surface area (Å²) in [6.07, 6.45) is 6.49. The van der Waals surface area contributed by atoms with E-state index in [0.717, 1.165) is 25.9 Å². The van der Waals surface area contributed by atoms with Gasteiger partial charge in [0.1, 0.15) is 6.09 Å². The zero-order chi connectivity index (χ0) is 11.6. The van der Waals surface area contributed by atoms with Crippen LogP contribution in [0.4, 0.5) is 4.79 Å². The van der Waals surface area contributed by atoms with E-state index < -0.39 is 6.09 Å². The second-order valence-corrected chi connectivity index (χ2v) is 4.37. The number of carbonyl (C=O) groups is 1. The van der Waals surface area contributed by atoms with E-state index in [9.17, 15) is 9.90 Å². The molecule has 2 rings (SSSR count). The number of piperidine rings is 2. The number of hydrogen-bond acceptors (Lipinski definition) is 3. The molecule has 1 amide bonds. The van der Waals surface area contributed by atoms with Crippen LogP contribution in [-0.4, -0.2) is 37.3 Å². The van der Waals surface area contributed by atoms with E-state index in [1.54, 1.807) is 5.01 Å². The van der Waals surface area contributed by atoms with Gasteiger partial charge in [-0.25, -0.2) is 5.01 Å². The summed E-state index contributed by atoms with van der Waals surface area (Å²) in [5, 5.41) is 14.1. The standard InChI is InChI=1S/C6H12N2O2.C5H11N/c9-6(10)7-8-4-2-1-3-5-8;1-2-4-6-5-3-1/h7H,1-5H2,(H,9,10);6H,1-5H2. The number of nitrogens with zero attached hydrogens (tertiary/aromatic N) is 1. The molecule has 0 aromatic heterocycles. The van der Waals surface area contributed by atoms with E-state index >= 15 is 0 Å². The van der Waals surface area contributed by atoms with E-state index in [1.807, 2.05) is 0 Å². The molecule has 16 heavy (non-hydrogen) atoms. The van der Waals surface area contributed by atoms with Crippen molar-refractivity contribution in [3.63, 3.8) is 0 Å². The Labute approximate surface area is 97.2 Å². The average molecular weight is 229 g/mol. The van der Waals surface area contributed by atoms with Crippen LogP contribution in [0.15, 0.2) is 0 Å². The molecule has 0 saturated carbocycles. The Morgan fingerprint density at radius 1 is 1.00 bits per heavy atom. The van der Waals surface area contributed by atoms with Gasteiger partial charge in [-0.15, -0.1) is 0 Å². The molecule has 0 aliphatic carbocycles. The SMILES string of the molecule is C1CC[NH2+]CC1.O=C([O-])NN1CCCCC1. The van der Waals surface area contributed by atoms with Crippen LogP contribution in [0.2, 0.25) is 0 Å². The first kappa shape index (κ1) is 13.3. The minimum atomic E-state index is -1.21. The van der Waals surface area contributed by atoms with Gasteiger partial charge in [-0.05, 0) is 32.1 Å². The fourth-order valence-corrected chi connectivity index (χ4v) is 2.03. The predicted octanol–water partition coefficient (Wildman–Crippen LogP) is -0.946. The summed E-state index contributed by atoms with van der Waals surface area (Å²) in [7, 11) is 0. The second-order valence-electron chi connectivity index (χ2n) is 4.37. The molecule has 0 unspecified atom stereocenters. The molecular weight excluding hydrogens is 206 g/mol. The van der Waals surface area contributed by atoms with Gasteiger partial charge < -0.3 is 20.6 Å². The van der Waals surface area contributed by atoms with Crippen molar-refractivity contribution in [2.24, 2.45) is 0 Å². The molecule has 0 bridgehead atoms. The molecule has 0 radical (unpaired) electrons. The van der Waals surface area contributed by atoms with Gasteiger partial charge in [0.2, 0.25) is 0 Å². The van der Waals surface area contributed by atoms with Gasteiger partial charge in [0.15, 0.2) is 0 Å². The summed E-state index contributed by atoms with van der Waals surface area (Å²) in [4.78, 5) is 10.0. The van der Waals surface area contributed by atoms with Gasteiger partial charge in [-0.2, -0.15) is 0 Å². The first-order valence-corrected chi connectivity index (χ1v) is 6.33. The Kier molecular flexibility index (Phi) is 6.92. The highest BCUT2D eigenvalue weighted by molar-refractivity contribution is 5.61. The number of amides is 1. The Morgan fingerprint density at radius 3 is 1.94 bits per heavy atom. The maximum Gasteiger partial charge on any atom is 0.149 e. The lowest BCUT2D eigenvalue weighted by atomic mass is 10.2. The van der Waals surface area contributed by atoms with Crippen LogP contribution >= 0.6 is 0 Å². The molecule has 0 aromatic rings. The molecule has 0 spiro atoms. The summed E-state index contributed by atoms with van der Waals surface area (Å²) in [5.41, 5.74) is 2.22. The topological polar surface area (TPSA) is 72.0 Å². The van der Waals surface area contributed by atoms with Crippen molar-refractivity contribution in [2.45, 2.75) is 38.5 Å². The molecule has 2 saturated heterocycles. The van der Waals surface area contributed by atoms with Gasteiger partial charge in [0.25, 0.3) is 0 Å².